The summed E-state index contributed by atoms with van der Waals surface area (Å²) in [6.45, 7) is 3.89. The lowest BCUT2D eigenvalue weighted by Crippen LogP contribution is -2.08. The van der Waals surface area contributed by atoms with Gasteiger partial charge in [-0.15, -0.1) is 0 Å². The van der Waals surface area contributed by atoms with E-state index in [4.69, 9.17) is 0 Å². The summed E-state index contributed by atoms with van der Waals surface area (Å²) in [5.41, 5.74) is 4.04. The fraction of sp³-hybridized carbons (Fsp3) is 0.190. The second-order valence-corrected chi connectivity index (χ2v) is 6.69. The van der Waals surface area contributed by atoms with Crippen molar-refractivity contribution in [1.82, 2.24) is 9.97 Å². The summed E-state index contributed by atoms with van der Waals surface area (Å²) in [5.74, 6) is 0. The number of halogens is 3. The number of benzene rings is 2. The van der Waals surface area contributed by atoms with Crippen LogP contribution in [0.25, 0.3) is 21.8 Å². The van der Waals surface area contributed by atoms with Gasteiger partial charge in [-0.2, -0.15) is 13.2 Å². The predicted molar refractivity (Wildman–Crippen MR) is 102 cm³/mol. The van der Waals surface area contributed by atoms with Crippen molar-refractivity contribution in [2.45, 2.75) is 26.1 Å². The lowest BCUT2D eigenvalue weighted by atomic mass is 10.1. The van der Waals surface area contributed by atoms with E-state index in [0.29, 0.717) is 0 Å². The first-order valence-corrected chi connectivity index (χ1v) is 8.63. The molecule has 4 aromatic rings. The Bertz CT molecular complexity index is 1110. The van der Waals surface area contributed by atoms with Crippen molar-refractivity contribution in [3.8, 4) is 0 Å². The number of alkyl halides is 3. The molecule has 2 aromatic heterocycles. The van der Waals surface area contributed by atoms with Gasteiger partial charge in [0.25, 0.3) is 0 Å². The first-order valence-electron chi connectivity index (χ1n) is 8.63. The van der Waals surface area contributed by atoms with Crippen LogP contribution in [0.2, 0.25) is 0 Å². The van der Waals surface area contributed by atoms with E-state index in [2.05, 4.69) is 15.3 Å². The molecule has 0 bridgehead atoms. The minimum atomic E-state index is -4.32. The monoisotopic (exact) mass is 369 g/mol. The summed E-state index contributed by atoms with van der Waals surface area (Å²) >= 11 is 0. The number of aryl methyl sites for hydroxylation is 1. The average molecular weight is 369 g/mol. The van der Waals surface area contributed by atoms with Crippen LogP contribution in [0.15, 0.2) is 54.7 Å². The van der Waals surface area contributed by atoms with Crippen molar-refractivity contribution in [3.63, 3.8) is 0 Å². The number of pyridine rings is 1. The SMILES string of the molecule is Cc1nccc2c1[nH]c1ccc(NC(C)c3ccc(C(F)(F)F)cc3)cc12. The number of H-pyrrole nitrogens is 1. The number of nitrogens with zero attached hydrogens (tertiary/aromatic N) is 1. The van der Waals surface area contributed by atoms with Gasteiger partial charge in [0.05, 0.1) is 16.8 Å². The summed E-state index contributed by atoms with van der Waals surface area (Å²) in [7, 11) is 0. The summed E-state index contributed by atoms with van der Waals surface area (Å²) in [4.78, 5) is 7.69. The maximum absolute atomic E-state index is 12.7. The number of nitrogens with one attached hydrogen (secondary N) is 2. The Labute approximate surface area is 154 Å². The van der Waals surface area contributed by atoms with Gasteiger partial charge in [0.1, 0.15) is 0 Å². The maximum atomic E-state index is 12.7. The predicted octanol–water partition coefficient (Wildman–Crippen LogP) is 6.22. The van der Waals surface area contributed by atoms with Gasteiger partial charge < -0.3 is 10.3 Å². The van der Waals surface area contributed by atoms with Crippen LogP contribution in [0.1, 0.15) is 29.8 Å². The van der Waals surface area contributed by atoms with Crippen LogP contribution in [0.3, 0.4) is 0 Å². The highest BCUT2D eigenvalue weighted by molar-refractivity contribution is 6.08. The number of aromatic nitrogens is 2. The fourth-order valence-corrected chi connectivity index (χ4v) is 3.34. The van der Waals surface area contributed by atoms with Crippen LogP contribution in [-0.2, 0) is 6.18 Å². The Hall–Kier alpha value is -3.02. The van der Waals surface area contributed by atoms with Crippen LogP contribution < -0.4 is 5.32 Å². The van der Waals surface area contributed by atoms with E-state index in [-0.39, 0.29) is 6.04 Å². The van der Waals surface area contributed by atoms with Crippen molar-refractivity contribution >= 4 is 27.5 Å². The Morgan fingerprint density at radius 2 is 1.74 bits per heavy atom. The van der Waals surface area contributed by atoms with Crippen LogP contribution in [0.5, 0.6) is 0 Å². The van der Waals surface area contributed by atoms with E-state index in [1.807, 2.05) is 38.1 Å². The number of anilines is 1. The molecule has 0 saturated heterocycles. The molecule has 2 aromatic carbocycles. The molecule has 2 heterocycles. The zero-order valence-corrected chi connectivity index (χ0v) is 14.9. The summed E-state index contributed by atoms with van der Waals surface area (Å²) < 4.78 is 38.2. The van der Waals surface area contributed by atoms with Gasteiger partial charge >= 0.3 is 6.18 Å². The molecule has 0 aliphatic carbocycles. The van der Waals surface area contributed by atoms with Gasteiger partial charge in [-0.1, -0.05) is 12.1 Å². The maximum Gasteiger partial charge on any atom is 0.416 e. The molecule has 27 heavy (non-hydrogen) atoms. The number of rotatable bonds is 3. The number of hydrogen-bond acceptors (Lipinski definition) is 2. The second-order valence-electron chi connectivity index (χ2n) is 6.69. The number of hydrogen-bond donors (Lipinski definition) is 2. The first-order chi connectivity index (χ1) is 12.8. The molecule has 1 unspecified atom stereocenters. The molecule has 6 heteroatoms. The minimum Gasteiger partial charge on any atom is -0.379 e. The molecule has 0 aliphatic rings. The quantitative estimate of drug-likeness (QED) is 0.450. The van der Waals surface area contributed by atoms with Gasteiger partial charge in [0, 0.05) is 34.2 Å². The van der Waals surface area contributed by atoms with Crippen LogP contribution in [-0.4, -0.2) is 9.97 Å². The molecule has 0 aliphatic heterocycles. The number of fused-ring (bicyclic) bond motifs is 3. The summed E-state index contributed by atoms with van der Waals surface area (Å²) in [6.07, 6.45) is -2.53. The van der Waals surface area contributed by atoms with Gasteiger partial charge in [0.15, 0.2) is 0 Å². The average Bonchev–Trinajstić information content (AvgIpc) is 3.01. The van der Waals surface area contributed by atoms with E-state index in [1.165, 1.54) is 12.1 Å². The Kier molecular flexibility index (Phi) is 4.06. The molecule has 0 fully saturated rings. The molecule has 2 N–H and O–H groups in total. The Morgan fingerprint density at radius 1 is 1.00 bits per heavy atom. The van der Waals surface area contributed by atoms with E-state index in [1.54, 1.807) is 6.20 Å². The smallest absolute Gasteiger partial charge is 0.379 e. The molecule has 4 rings (SSSR count). The van der Waals surface area contributed by atoms with Crippen LogP contribution in [0, 0.1) is 6.92 Å². The van der Waals surface area contributed by atoms with Gasteiger partial charge in [-0.3, -0.25) is 4.98 Å². The van der Waals surface area contributed by atoms with Crippen molar-refractivity contribution in [1.29, 1.82) is 0 Å². The van der Waals surface area contributed by atoms with Crippen molar-refractivity contribution in [3.05, 3.63) is 71.5 Å². The van der Waals surface area contributed by atoms with E-state index >= 15 is 0 Å². The van der Waals surface area contributed by atoms with E-state index in [0.717, 1.165) is 50.9 Å². The third kappa shape index (κ3) is 3.23. The Balaban J connectivity index is 1.63. The molecular weight excluding hydrogens is 351 g/mol. The molecule has 0 saturated carbocycles. The number of aromatic amines is 1. The highest BCUT2D eigenvalue weighted by atomic mass is 19.4. The molecule has 1 atom stereocenters. The van der Waals surface area contributed by atoms with E-state index < -0.39 is 11.7 Å². The zero-order chi connectivity index (χ0) is 19.2. The highest BCUT2D eigenvalue weighted by Gasteiger charge is 2.30. The lowest BCUT2D eigenvalue weighted by molar-refractivity contribution is -0.137. The third-order valence-electron chi connectivity index (χ3n) is 4.83. The van der Waals surface area contributed by atoms with Gasteiger partial charge in [-0.05, 0) is 55.8 Å². The standard InChI is InChI=1S/C21H18F3N3/c1-12(14-3-5-15(6-4-14)21(22,23)24)26-16-7-8-19-18(11-16)17-9-10-25-13(2)20(17)27-19/h3-12,26-27H,1-2H3. The molecule has 0 amide bonds. The largest absolute Gasteiger partial charge is 0.416 e. The minimum absolute atomic E-state index is 0.127. The lowest BCUT2D eigenvalue weighted by Gasteiger charge is -2.17. The first kappa shape index (κ1) is 17.4. The van der Waals surface area contributed by atoms with Gasteiger partial charge in [-0.25, -0.2) is 0 Å². The second kappa shape index (κ2) is 6.30. The van der Waals surface area contributed by atoms with Crippen molar-refractivity contribution in [2.75, 3.05) is 5.32 Å². The molecular formula is C21H18F3N3. The normalized spacial score (nSPS) is 13.2. The summed E-state index contributed by atoms with van der Waals surface area (Å²) in [5, 5.41) is 5.55. The molecule has 138 valence electrons. The third-order valence-corrected chi connectivity index (χ3v) is 4.83. The van der Waals surface area contributed by atoms with Crippen molar-refractivity contribution in [2.24, 2.45) is 0 Å². The zero-order valence-electron chi connectivity index (χ0n) is 14.9. The van der Waals surface area contributed by atoms with Crippen molar-refractivity contribution < 1.29 is 13.2 Å². The Morgan fingerprint density at radius 3 is 2.44 bits per heavy atom. The van der Waals surface area contributed by atoms with Crippen LogP contribution >= 0.6 is 0 Å². The molecule has 0 radical (unpaired) electrons. The molecule has 3 nitrogen and oxygen atoms in total. The summed E-state index contributed by atoms with van der Waals surface area (Å²) in [6, 6.07) is 13.1. The van der Waals surface area contributed by atoms with Gasteiger partial charge in [0.2, 0.25) is 0 Å². The van der Waals surface area contributed by atoms with Crippen LogP contribution in [0.4, 0.5) is 18.9 Å². The highest BCUT2D eigenvalue weighted by Crippen LogP contribution is 2.32. The topological polar surface area (TPSA) is 40.7 Å². The fourth-order valence-electron chi connectivity index (χ4n) is 3.34. The van der Waals surface area contributed by atoms with E-state index in [9.17, 15) is 13.2 Å². The molecule has 0 spiro atoms.